The lowest BCUT2D eigenvalue weighted by Crippen LogP contribution is -2.38. The fraction of sp³-hybridized carbons (Fsp3) is 0.375. The van der Waals surface area contributed by atoms with Gasteiger partial charge in [-0.05, 0) is 39.0 Å². The number of nitrogens with one attached hydrogen (secondary N) is 1. The van der Waals surface area contributed by atoms with Gasteiger partial charge in [-0.3, -0.25) is 10.1 Å². The van der Waals surface area contributed by atoms with E-state index in [2.05, 4.69) is 11.9 Å². The fourth-order valence-electron chi connectivity index (χ4n) is 2.03. The second kappa shape index (κ2) is 6.09. The van der Waals surface area contributed by atoms with Gasteiger partial charge in [-0.25, -0.2) is 4.79 Å². The number of ether oxygens (including phenoxy) is 2. The van der Waals surface area contributed by atoms with Crippen LogP contribution < -0.4 is 15.0 Å². The number of fused-ring (bicyclic) bond motifs is 1. The molecule has 2 rings (SSSR count). The Labute approximate surface area is 129 Å². The Morgan fingerprint density at radius 3 is 2.86 bits per heavy atom. The Morgan fingerprint density at radius 1 is 1.50 bits per heavy atom. The van der Waals surface area contributed by atoms with Gasteiger partial charge < -0.3 is 14.4 Å². The molecular formula is C16H20N2O4. The van der Waals surface area contributed by atoms with Crippen LogP contribution in [0.3, 0.4) is 0 Å². The van der Waals surface area contributed by atoms with Gasteiger partial charge in [-0.15, -0.1) is 6.58 Å². The third-order valence-electron chi connectivity index (χ3n) is 2.86. The number of amides is 2. The summed E-state index contributed by atoms with van der Waals surface area (Å²) in [4.78, 5) is 25.3. The molecule has 22 heavy (non-hydrogen) atoms. The van der Waals surface area contributed by atoms with Crippen molar-refractivity contribution in [1.29, 1.82) is 0 Å². The van der Waals surface area contributed by atoms with Crippen molar-refractivity contribution in [2.75, 3.05) is 23.4 Å². The Kier molecular flexibility index (Phi) is 4.40. The molecule has 0 aromatic heterocycles. The van der Waals surface area contributed by atoms with Crippen molar-refractivity contribution in [1.82, 2.24) is 0 Å². The number of hydrogen-bond donors (Lipinski definition) is 1. The van der Waals surface area contributed by atoms with Crippen LogP contribution in [-0.4, -0.2) is 30.8 Å². The van der Waals surface area contributed by atoms with Gasteiger partial charge in [-0.2, -0.15) is 0 Å². The van der Waals surface area contributed by atoms with Gasteiger partial charge in [0.1, 0.15) is 11.4 Å². The van der Waals surface area contributed by atoms with Gasteiger partial charge in [0.05, 0.1) is 5.69 Å². The van der Waals surface area contributed by atoms with E-state index in [9.17, 15) is 9.59 Å². The van der Waals surface area contributed by atoms with Crippen LogP contribution in [0.15, 0.2) is 30.9 Å². The van der Waals surface area contributed by atoms with E-state index in [0.717, 1.165) is 0 Å². The normalized spacial score (nSPS) is 14.0. The lowest BCUT2D eigenvalue weighted by molar-refractivity contribution is -0.121. The third-order valence-corrected chi connectivity index (χ3v) is 2.86. The van der Waals surface area contributed by atoms with Crippen LogP contribution in [0.4, 0.5) is 16.2 Å². The highest BCUT2D eigenvalue weighted by Crippen LogP contribution is 2.34. The van der Waals surface area contributed by atoms with Gasteiger partial charge in [0.15, 0.2) is 6.61 Å². The molecule has 0 saturated heterocycles. The molecule has 0 saturated carbocycles. The zero-order valence-corrected chi connectivity index (χ0v) is 13.0. The van der Waals surface area contributed by atoms with Crippen LogP contribution in [0.25, 0.3) is 0 Å². The molecule has 1 aromatic rings. The van der Waals surface area contributed by atoms with Gasteiger partial charge >= 0.3 is 6.09 Å². The first-order valence-corrected chi connectivity index (χ1v) is 6.98. The number of carbonyl (C=O) groups excluding carboxylic acids is 2. The van der Waals surface area contributed by atoms with Gasteiger partial charge in [0, 0.05) is 12.2 Å². The van der Waals surface area contributed by atoms with Crippen LogP contribution in [0.1, 0.15) is 20.8 Å². The summed E-state index contributed by atoms with van der Waals surface area (Å²) in [6, 6.07) is 5.09. The third kappa shape index (κ3) is 3.78. The van der Waals surface area contributed by atoms with E-state index in [1.165, 1.54) is 0 Å². The summed E-state index contributed by atoms with van der Waals surface area (Å²) in [6.45, 7) is 9.40. The topological polar surface area (TPSA) is 67.9 Å². The van der Waals surface area contributed by atoms with Crippen molar-refractivity contribution in [2.45, 2.75) is 26.4 Å². The minimum absolute atomic E-state index is 0.000316. The summed E-state index contributed by atoms with van der Waals surface area (Å²) in [5.74, 6) is 0.443. The van der Waals surface area contributed by atoms with Crippen molar-refractivity contribution in [3.8, 4) is 5.75 Å². The summed E-state index contributed by atoms with van der Waals surface area (Å²) >= 11 is 0. The Morgan fingerprint density at radius 2 is 2.23 bits per heavy atom. The highest BCUT2D eigenvalue weighted by atomic mass is 16.6. The molecule has 0 aliphatic carbocycles. The summed E-state index contributed by atoms with van der Waals surface area (Å²) in [5, 5.41) is 2.65. The zero-order valence-electron chi connectivity index (χ0n) is 13.0. The zero-order chi connectivity index (χ0) is 16.3. The van der Waals surface area contributed by atoms with Crippen molar-refractivity contribution in [3.63, 3.8) is 0 Å². The SMILES string of the molecule is C=CCN1C(=O)COc2ccc(NC(=O)OC(C)(C)C)cc21. The quantitative estimate of drug-likeness (QED) is 0.872. The second-order valence-electron chi connectivity index (χ2n) is 5.89. The van der Waals surface area contributed by atoms with Gasteiger partial charge in [-0.1, -0.05) is 6.08 Å². The summed E-state index contributed by atoms with van der Waals surface area (Å²) in [7, 11) is 0. The van der Waals surface area contributed by atoms with Crippen LogP contribution >= 0.6 is 0 Å². The van der Waals surface area contributed by atoms with Crippen LogP contribution in [-0.2, 0) is 9.53 Å². The Balaban J connectivity index is 2.21. The Hall–Kier alpha value is -2.50. The molecule has 6 heteroatoms. The van der Waals surface area contributed by atoms with Crippen LogP contribution in [0.5, 0.6) is 5.75 Å². The summed E-state index contributed by atoms with van der Waals surface area (Å²) < 4.78 is 10.6. The smallest absolute Gasteiger partial charge is 0.412 e. The molecule has 0 bridgehead atoms. The van der Waals surface area contributed by atoms with Gasteiger partial charge in [0.25, 0.3) is 5.91 Å². The van der Waals surface area contributed by atoms with E-state index in [0.29, 0.717) is 23.7 Å². The first-order chi connectivity index (χ1) is 10.3. The number of nitrogens with zero attached hydrogens (tertiary/aromatic N) is 1. The maximum absolute atomic E-state index is 11.9. The molecule has 1 aromatic carbocycles. The summed E-state index contributed by atoms with van der Waals surface area (Å²) in [6.07, 6.45) is 1.09. The van der Waals surface area contributed by atoms with E-state index in [1.807, 2.05) is 0 Å². The van der Waals surface area contributed by atoms with Crippen LogP contribution in [0.2, 0.25) is 0 Å². The molecular weight excluding hydrogens is 284 g/mol. The Bertz CT molecular complexity index is 605. The monoisotopic (exact) mass is 304 g/mol. The number of benzene rings is 1. The molecule has 1 aliphatic heterocycles. The lowest BCUT2D eigenvalue weighted by Gasteiger charge is -2.29. The molecule has 118 valence electrons. The average molecular weight is 304 g/mol. The highest BCUT2D eigenvalue weighted by Gasteiger charge is 2.25. The van der Waals surface area contributed by atoms with Crippen LogP contribution in [0, 0.1) is 0 Å². The fourth-order valence-corrected chi connectivity index (χ4v) is 2.03. The van der Waals surface area contributed by atoms with Crippen molar-refractivity contribution in [3.05, 3.63) is 30.9 Å². The van der Waals surface area contributed by atoms with E-state index in [-0.39, 0.29) is 12.5 Å². The summed E-state index contributed by atoms with van der Waals surface area (Å²) in [5.41, 5.74) is 0.553. The largest absolute Gasteiger partial charge is 0.482 e. The van der Waals surface area contributed by atoms with E-state index >= 15 is 0 Å². The van der Waals surface area contributed by atoms with Crippen molar-refractivity contribution in [2.24, 2.45) is 0 Å². The molecule has 0 fully saturated rings. The minimum Gasteiger partial charge on any atom is -0.482 e. The highest BCUT2D eigenvalue weighted by molar-refractivity contribution is 5.99. The van der Waals surface area contributed by atoms with Crippen molar-refractivity contribution >= 4 is 23.4 Å². The first kappa shape index (κ1) is 15.9. The second-order valence-corrected chi connectivity index (χ2v) is 5.89. The number of carbonyl (C=O) groups is 2. The maximum Gasteiger partial charge on any atom is 0.412 e. The van der Waals surface area contributed by atoms with E-state index < -0.39 is 11.7 Å². The maximum atomic E-state index is 11.9. The first-order valence-electron chi connectivity index (χ1n) is 6.98. The molecule has 6 nitrogen and oxygen atoms in total. The molecule has 0 unspecified atom stereocenters. The van der Waals surface area contributed by atoms with E-state index in [4.69, 9.17) is 9.47 Å². The molecule has 1 N–H and O–H groups in total. The predicted molar refractivity (Wildman–Crippen MR) is 84.3 cm³/mol. The minimum atomic E-state index is -0.577. The molecule has 2 amide bonds. The van der Waals surface area contributed by atoms with Gasteiger partial charge in [0.2, 0.25) is 0 Å². The number of hydrogen-bond acceptors (Lipinski definition) is 4. The van der Waals surface area contributed by atoms with Crippen molar-refractivity contribution < 1.29 is 19.1 Å². The lowest BCUT2D eigenvalue weighted by atomic mass is 10.2. The molecule has 0 atom stereocenters. The standard InChI is InChI=1S/C16H20N2O4/c1-5-8-18-12-9-11(17-15(20)22-16(2,3)4)6-7-13(12)21-10-14(18)19/h5-7,9H,1,8,10H2,2-4H3,(H,17,20). The number of anilines is 2. The molecule has 0 spiro atoms. The average Bonchev–Trinajstić information content (AvgIpc) is 2.40. The molecule has 0 radical (unpaired) electrons. The predicted octanol–water partition coefficient (Wildman–Crippen LogP) is 2.95. The van der Waals surface area contributed by atoms with E-state index in [1.54, 1.807) is 49.9 Å². The number of rotatable bonds is 3. The molecule has 1 heterocycles. The molecule has 1 aliphatic rings.